The molecule has 0 radical (unpaired) electrons. The third-order valence-corrected chi connectivity index (χ3v) is 3.21. The summed E-state index contributed by atoms with van der Waals surface area (Å²) in [6, 6.07) is 6.04. The van der Waals surface area contributed by atoms with Gasteiger partial charge in [0.15, 0.2) is 0 Å². The third kappa shape index (κ3) is 2.64. The molecule has 0 amide bonds. The van der Waals surface area contributed by atoms with Gasteiger partial charge in [0.05, 0.1) is 12.1 Å². The Balaban J connectivity index is 2.07. The van der Waals surface area contributed by atoms with Gasteiger partial charge in [0.25, 0.3) is 0 Å². The maximum absolute atomic E-state index is 5.98. The first-order chi connectivity index (χ1) is 7.29. The minimum absolute atomic E-state index is 0.686. The lowest BCUT2D eigenvalue weighted by molar-refractivity contribution is 0.414. The van der Waals surface area contributed by atoms with Gasteiger partial charge in [-0.1, -0.05) is 17.7 Å². The number of nitrogens with one attached hydrogen (secondary N) is 1. The zero-order valence-electron chi connectivity index (χ0n) is 8.92. The molecule has 1 fully saturated rings. The molecule has 1 heterocycles. The monoisotopic (exact) mass is 225 g/mol. The molecule has 1 unspecified atom stereocenters. The second-order valence-electron chi connectivity index (χ2n) is 4.03. The average Bonchev–Trinajstić information content (AvgIpc) is 2.73. The first-order valence-corrected chi connectivity index (χ1v) is 5.70. The molecule has 0 spiro atoms. The van der Waals surface area contributed by atoms with E-state index in [0.29, 0.717) is 5.02 Å². The number of rotatable bonds is 3. The Morgan fingerprint density at radius 1 is 1.53 bits per heavy atom. The second-order valence-corrected chi connectivity index (χ2v) is 4.44. The van der Waals surface area contributed by atoms with Crippen molar-refractivity contribution >= 4 is 11.6 Å². The predicted octanol–water partition coefficient (Wildman–Crippen LogP) is 2.50. The lowest BCUT2D eigenvalue weighted by atomic mass is 9.99. The van der Waals surface area contributed by atoms with Crippen molar-refractivity contribution < 1.29 is 4.74 Å². The van der Waals surface area contributed by atoms with Gasteiger partial charge in [0.1, 0.15) is 5.75 Å². The van der Waals surface area contributed by atoms with Gasteiger partial charge in [-0.2, -0.15) is 0 Å². The first kappa shape index (κ1) is 10.8. The molecular formula is C12H16ClNO. The maximum Gasteiger partial charge on any atom is 0.137 e. The van der Waals surface area contributed by atoms with Crippen molar-refractivity contribution in [3.05, 3.63) is 28.8 Å². The van der Waals surface area contributed by atoms with Crippen molar-refractivity contribution in [3.8, 4) is 5.75 Å². The number of halogens is 1. The highest BCUT2D eigenvalue weighted by Gasteiger charge is 2.15. The lowest BCUT2D eigenvalue weighted by Gasteiger charge is -2.10. The van der Waals surface area contributed by atoms with Crippen molar-refractivity contribution in [2.75, 3.05) is 20.2 Å². The van der Waals surface area contributed by atoms with Crippen molar-refractivity contribution in [2.45, 2.75) is 12.8 Å². The molecule has 1 aromatic carbocycles. The van der Waals surface area contributed by atoms with Crippen LogP contribution in [0.15, 0.2) is 18.2 Å². The molecule has 1 atom stereocenters. The Labute approximate surface area is 95.6 Å². The van der Waals surface area contributed by atoms with E-state index < -0.39 is 0 Å². The SMILES string of the molecule is COc1cc(CC2CCNC2)ccc1Cl. The van der Waals surface area contributed by atoms with Crippen LogP contribution in [0.3, 0.4) is 0 Å². The standard InChI is InChI=1S/C12H16ClNO/c1-15-12-7-9(2-3-11(12)13)6-10-4-5-14-8-10/h2-3,7,10,14H,4-6,8H2,1H3. The molecule has 1 aliphatic heterocycles. The molecule has 82 valence electrons. The summed E-state index contributed by atoms with van der Waals surface area (Å²) >= 11 is 5.98. The largest absolute Gasteiger partial charge is 0.495 e. The van der Waals surface area contributed by atoms with Crippen LogP contribution < -0.4 is 10.1 Å². The fourth-order valence-corrected chi connectivity index (χ4v) is 2.25. The zero-order valence-corrected chi connectivity index (χ0v) is 9.68. The highest BCUT2D eigenvalue weighted by Crippen LogP contribution is 2.26. The fourth-order valence-electron chi connectivity index (χ4n) is 2.05. The Hall–Kier alpha value is -0.730. The van der Waals surface area contributed by atoms with Gasteiger partial charge >= 0.3 is 0 Å². The number of hydrogen-bond donors (Lipinski definition) is 1. The van der Waals surface area contributed by atoms with Gasteiger partial charge in [-0.3, -0.25) is 0 Å². The van der Waals surface area contributed by atoms with Gasteiger partial charge in [-0.05, 0) is 49.5 Å². The predicted molar refractivity (Wildman–Crippen MR) is 62.7 cm³/mol. The average molecular weight is 226 g/mol. The van der Waals surface area contributed by atoms with E-state index >= 15 is 0 Å². The molecule has 2 rings (SSSR count). The molecule has 2 nitrogen and oxygen atoms in total. The second kappa shape index (κ2) is 4.86. The fraction of sp³-hybridized carbons (Fsp3) is 0.500. The van der Waals surface area contributed by atoms with Crippen LogP contribution in [0.5, 0.6) is 5.75 Å². The summed E-state index contributed by atoms with van der Waals surface area (Å²) < 4.78 is 5.20. The van der Waals surface area contributed by atoms with E-state index in [1.54, 1.807) is 7.11 Å². The number of methoxy groups -OCH3 is 1. The van der Waals surface area contributed by atoms with Gasteiger partial charge in [-0.15, -0.1) is 0 Å². The summed E-state index contributed by atoms with van der Waals surface area (Å²) in [5, 5.41) is 4.06. The highest BCUT2D eigenvalue weighted by molar-refractivity contribution is 6.32. The van der Waals surface area contributed by atoms with E-state index in [1.807, 2.05) is 12.1 Å². The molecular weight excluding hydrogens is 210 g/mol. The van der Waals surface area contributed by atoms with Crippen LogP contribution in [0.2, 0.25) is 5.02 Å². The molecule has 0 aliphatic carbocycles. The molecule has 0 bridgehead atoms. The topological polar surface area (TPSA) is 21.3 Å². The van der Waals surface area contributed by atoms with E-state index in [9.17, 15) is 0 Å². The molecule has 1 saturated heterocycles. The summed E-state index contributed by atoms with van der Waals surface area (Å²) in [6.07, 6.45) is 2.38. The summed E-state index contributed by atoms with van der Waals surface area (Å²) in [5.41, 5.74) is 1.31. The van der Waals surface area contributed by atoms with Gasteiger partial charge in [-0.25, -0.2) is 0 Å². The van der Waals surface area contributed by atoms with Crippen LogP contribution in [0, 0.1) is 5.92 Å². The van der Waals surface area contributed by atoms with E-state index in [4.69, 9.17) is 16.3 Å². The minimum Gasteiger partial charge on any atom is -0.495 e. The van der Waals surface area contributed by atoms with E-state index in [2.05, 4.69) is 11.4 Å². The first-order valence-electron chi connectivity index (χ1n) is 5.32. The number of ether oxygens (including phenoxy) is 1. The molecule has 1 N–H and O–H groups in total. The van der Waals surface area contributed by atoms with Crippen LogP contribution in [0.25, 0.3) is 0 Å². The Bertz CT molecular complexity index is 334. The Kier molecular flexibility index (Phi) is 3.49. The molecule has 0 saturated carbocycles. The van der Waals surface area contributed by atoms with Crippen molar-refractivity contribution in [1.29, 1.82) is 0 Å². The van der Waals surface area contributed by atoms with Crippen LogP contribution >= 0.6 is 11.6 Å². The maximum atomic E-state index is 5.98. The van der Waals surface area contributed by atoms with Crippen molar-refractivity contribution in [3.63, 3.8) is 0 Å². The minimum atomic E-state index is 0.686. The van der Waals surface area contributed by atoms with Crippen molar-refractivity contribution in [1.82, 2.24) is 5.32 Å². The molecule has 1 aliphatic rings. The van der Waals surface area contributed by atoms with E-state index in [0.717, 1.165) is 31.2 Å². The summed E-state index contributed by atoms with van der Waals surface area (Å²) in [6.45, 7) is 2.28. The van der Waals surface area contributed by atoms with Gasteiger partial charge in [0, 0.05) is 0 Å². The zero-order chi connectivity index (χ0) is 10.7. The van der Waals surface area contributed by atoms with Crippen LogP contribution in [-0.4, -0.2) is 20.2 Å². The highest BCUT2D eigenvalue weighted by atomic mass is 35.5. The van der Waals surface area contributed by atoms with Gasteiger partial charge in [0.2, 0.25) is 0 Å². The smallest absolute Gasteiger partial charge is 0.137 e. The van der Waals surface area contributed by atoms with E-state index in [1.165, 1.54) is 12.0 Å². The van der Waals surface area contributed by atoms with Crippen molar-refractivity contribution in [2.24, 2.45) is 5.92 Å². The number of hydrogen-bond acceptors (Lipinski definition) is 2. The molecule has 3 heteroatoms. The molecule has 1 aromatic rings. The molecule has 15 heavy (non-hydrogen) atoms. The summed E-state index contributed by atoms with van der Waals surface area (Å²) in [5.74, 6) is 1.54. The molecule has 0 aromatic heterocycles. The van der Waals surface area contributed by atoms with Gasteiger partial charge < -0.3 is 10.1 Å². The van der Waals surface area contributed by atoms with Crippen LogP contribution in [0.1, 0.15) is 12.0 Å². The Morgan fingerprint density at radius 3 is 3.07 bits per heavy atom. The summed E-state index contributed by atoms with van der Waals surface area (Å²) in [7, 11) is 1.65. The third-order valence-electron chi connectivity index (χ3n) is 2.90. The number of benzene rings is 1. The lowest BCUT2D eigenvalue weighted by Crippen LogP contribution is -2.10. The normalized spacial score (nSPS) is 20.5. The van der Waals surface area contributed by atoms with Crippen LogP contribution in [-0.2, 0) is 6.42 Å². The quantitative estimate of drug-likeness (QED) is 0.854. The summed E-state index contributed by atoms with van der Waals surface area (Å²) in [4.78, 5) is 0. The van der Waals surface area contributed by atoms with E-state index in [-0.39, 0.29) is 0 Å². The van der Waals surface area contributed by atoms with Crippen LogP contribution in [0.4, 0.5) is 0 Å². The Morgan fingerprint density at radius 2 is 2.40 bits per heavy atom.